The lowest BCUT2D eigenvalue weighted by Crippen LogP contribution is -2.32. The zero-order valence-corrected chi connectivity index (χ0v) is 15.1. The second-order valence-corrected chi connectivity index (χ2v) is 6.59. The first-order valence-corrected chi connectivity index (χ1v) is 8.45. The first-order chi connectivity index (χ1) is 13.3. The van der Waals surface area contributed by atoms with Crippen molar-refractivity contribution in [3.63, 3.8) is 0 Å². The number of H-pyrrole nitrogens is 1. The lowest BCUT2D eigenvalue weighted by molar-refractivity contribution is -0.394. The molecule has 0 aliphatic heterocycles. The minimum Gasteiger partial charge on any atom is -0.342 e. The molecule has 1 aromatic heterocycles. The number of hydrogen-bond acceptors (Lipinski definition) is 6. The first kappa shape index (κ1) is 19.0. The van der Waals surface area contributed by atoms with E-state index >= 15 is 0 Å². The summed E-state index contributed by atoms with van der Waals surface area (Å²) < 4.78 is 0. The van der Waals surface area contributed by atoms with Gasteiger partial charge in [0, 0.05) is 12.1 Å². The normalized spacial score (nSPS) is 12.1. The maximum atomic E-state index is 12.7. The SMILES string of the molecule is CC(C)[C@H](NC(=O)c1cc([N+](=O)[O-])cc([N+](=O)[O-])c1)c1nc2ccccc2[nH]1. The fourth-order valence-corrected chi connectivity index (χ4v) is 2.83. The summed E-state index contributed by atoms with van der Waals surface area (Å²) in [6.07, 6.45) is 0. The van der Waals surface area contributed by atoms with E-state index in [-0.39, 0.29) is 11.5 Å². The molecule has 2 N–H and O–H groups in total. The summed E-state index contributed by atoms with van der Waals surface area (Å²) >= 11 is 0. The molecule has 2 aromatic carbocycles. The highest BCUT2D eigenvalue weighted by Gasteiger charge is 2.25. The largest absolute Gasteiger partial charge is 0.342 e. The van der Waals surface area contributed by atoms with Crippen LogP contribution in [0.5, 0.6) is 0 Å². The average molecular weight is 383 g/mol. The number of nitro groups is 2. The molecule has 1 atom stereocenters. The molecule has 0 aliphatic rings. The average Bonchev–Trinajstić information content (AvgIpc) is 3.08. The van der Waals surface area contributed by atoms with Gasteiger partial charge in [0.25, 0.3) is 17.3 Å². The molecule has 0 aliphatic carbocycles. The van der Waals surface area contributed by atoms with E-state index in [9.17, 15) is 25.0 Å². The smallest absolute Gasteiger partial charge is 0.277 e. The zero-order chi connectivity index (χ0) is 20.4. The number of amides is 1. The predicted molar refractivity (Wildman–Crippen MR) is 101 cm³/mol. The van der Waals surface area contributed by atoms with Gasteiger partial charge in [-0.15, -0.1) is 0 Å². The van der Waals surface area contributed by atoms with Crippen molar-refractivity contribution in [1.82, 2.24) is 15.3 Å². The van der Waals surface area contributed by atoms with E-state index < -0.39 is 33.2 Å². The van der Waals surface area contributed by atoms with Gasteiger partial charge in [0.2, 0.25) is 0 Å². The fourth-order valence-electron chi connectivity index (χ4n) is 2.83. The Kier molecular flexibility index (Phi) is 5.03. The van der Waals surface area contributed by atoms with Crippen molar-refractivity contribution >= 4 is 28.3 Å². The molecule has 0 saturated heterocycles. The Bertz CT molecular complexity index is 1010. The van der Waals surface area contributed by atoms with Crippen molar-refractivity contribution in [3.05, 3.63) is 74.1 Å². The van der Waals surface area contributed by atoms with Crippen molar-refractivity contribution in [2.24, 2.45) is 5.92 Å². The number of fused-ring (bicyclic) bond motifs is 1. The Morgan fingerprint density at radius 1 is 1.07 bits per heavy atom. The van der Waals surface area contributed by atoms with E-state index in [1.165, 1.54) is 0 Å². The predicted octanol–water partition coefficient (Wildman–Crippen LogP) is 3.51. The molecule has 28 heavy (non-hydrogen) atoms. The Balaban J connectivity index is 1.94. The Labute approximate surface area is 158 Å². The maximum Gasteiger partial charge on any atom is 0.277 e. The molecule has 3 rings (SSSR count). The number of non-ortho nitro benzene ring substituents is 2. The first-order valence-electron chi connectivity index (χ1n) is 8.45. The van der Waals surface area contributed by atoms with E-state index in [0.29, 0.717) is 5.82 Å². The molecule has 0 radical (unpaired) electrons. The summed E-state index contributed by atoms with van der Waals surface area (Å²) in [5.41, 5.74) is 0.336. The van der Waals surface area contributed by atoms with Crippen LogP contribution in [0, 0.1) is 26.1 Å². The molecule has 0 saturated carbocycles. The highest BCUT2D eigenvalue weighted by atomic mass is 16.6. The van der Waals surface area contributed by atoms with Crippen molar-refractivity contribution in [2.45, 2.75) is 19.9 Å². The van der Waals surface area contributed by atoms with Gasteiger partial charge in [-0.1, -0.05) is 26.0 Å². The van der Waals surface area contributed by atoms with Gasteiger partial charge in [0.15, 0.2) is 0 Å². The van der Waals surface area contributed by atoms with Gasteiger partial charge in [0.05, 0.1) is 38.6 Å². The molecule has 10 heteroatoms. The van der Waals surface area contributed by atoms with Crippen molar-refractivity contribution in [2.75, 3.05) is 0 Å². The molecule has 0 fully saturated rings. The minimum absolute atomic E-state index is 0.0572. The number of rotatable bonds is 6. The second kappa shape index (κ2) is 7.43. The van der Waals surface area contributed by atoms with Crippen LogP contribution in [0.2, 0.25) is 0 Å². The summed E-state index contributed by atoms with van der Waals surface area (Å²) in [6.45, 7) is 3.77. The van der Waals surface area contributed by atoms with E-state index in [4.69, 9.17) is 0 Å². The second-order valence-electron chi connectivity index (χ2n) is 6.59. The highest BCUT2D eigenvalue weighted by molar-refractivity contribution is 5.95. The number of nitro benzene ring substituents is 2. The molecule has 144 valence electrons. The number of benzene rings is 2. The number of aromatic amines is 1. The molecule has 0 unspecified atom stereocenters. The van der Waals surface area contributed by atoms with Crippen LogP contribution >= 0.6 is 0 Å². The monoisotopic (exact) mass is 383 g/mol. The van der Waals surface area contributed by atoms with Crippen molar-refractivity contribution in [1.29, 1.82) is 0 Å². The number of aromatic nitrogens is 2. The molecule has 1 amide bonds. The summed E-state index contributed by atoms with van der Waals surface area (Å²) in [5, 5.41) is 24.8. The number of imidazole rings is 1. The number of hydrogen-bond donors (Lipinski definition) is 2. The van der Waals surface area contributed by atoms with E-state index in [2.05, 4.69) is 15.3 Å². The highest BCUT2D eigenvalue weighted by Crippen LogP contribution is 2.25. The van der Waals surface area contributed by atoms with Crippen LogP contribution in [0.4, 0.5) is 11.4 Å². The lowest BCUT2D eigenvalue weighted by Gasteiger charge is -2.20. The van der Waals surface area contributed by atoms with Crippen LogP contribution in [-0.2, 0) is 0 Å². The van der Waals surface area contributed by atoms with Crippen molar-refractivity contribution in [3.8, 4) is 0 Å². The van der Waals surface area contributed by atoms with Crippen LogP contribution in [0.3, 0.4) is 0 Å². The molecular weight excluding hydrogens is 366 g/mol. The minimum atomic E-state index is -0.775. The van der Waals surface area contributed by atoms with Gasteiger partial charge >= 0.3 is 0 Å². The third kappa shape index (κ3) is 3.80. The number of carbonyl (C=O) groups excluding carboxylic acids is 1. The summed E-state index contributed by atoms with van der Waals surface area (Å²) in [5.74, 6) is -0.186. The Morgan fingerprint density at radius 3 is 2.21 bits per heavy atom. The molecular formula is C18H17N5O5. The van der Waals surface area contributed by atoms with Gasteiger partial charge < -0.3 is 10.3 Å². The fraction of sp³-hybridized carbons (Fsp3) is 0.222. The van der Waals surface area contributed by atoms with Gasteiger partial charge in [-0.05, 0) is 18.1 Å². The number of nitrogens with one attached hydrogen (secondary N) is 2. The number of nitrogens with zero attached hydrogens (tertiary/aromatic N) is 3. The maximum absolute atomic E-state index is 12.7. The zero-order valence-electron chi connectivity index (χ0n) is 15.1. The van der Waals surface area contributed by atoms with Gasteiger partial charge in [0.1, 0.15) is 5.82 Å². The molecule has 0 bridgehead atoms. The van der Waals surface area contributed by atoms with Crippen molar-refractivity contribution < 1.29 is 14.6 Å². The summed E-state index contributed by atoms with van der Waals surface area (Å²) in [7, 11) is 0. The van der Waals surface area contributed by atoms with Gasteiger partial charge in [-0.2, -0.15) is 0 Å². The van der Waals surface area contributed by atoms with Crippen LogP contribution in [-0.4, -0.2) is 25.7 Å². The van der Waals surface area contributed by atoms with E-state index in [1.54, 1.807) is 0 Å². The Morgan fingerprint density at radius 2 is 1.68 bits per heavy atom. The summed E-state index contributed by atoms with van der Waals surface area (Å²) in [4.78, 5) is 40.9. The van der Waals surface area contributed by atoms with Crippen LogP contribution in [0.15, 0.2) is 42.5 Å². The van der Waals surface area contributed by atoms with Crippen LogP contribution < -0.4 is 5.32 Å². The van der Waals surface area contributed by atoms with Gasteiger partial charge in [-0.25, -0.2) is 4.98 Å². The molecule has 3 aromatic rings. The van der Waals surface area contributed by atoms with E-state index in [0.717, 1.165) is 29.2 Å². The topological polar surface area (TPSA) is 144 Å². The van der Waals surface area contributed by atoms with Gasteiger partial charge in [-0.3, -0.25) is 25.0 Å². The number of para-hydroxylation sites is 2. The molecule has 0 spiro atoms. The third-order valence-electron chi connectivity index (χ3n) is 4.24. The molecule has 10 nitrogen and oxygen atoms in total. The summed E-state index contributed by atoms with van der Waals surface area (Å²) in [6, 6.07) is 9.71. The van der Waals surface area contributed by atoms with E-state index in [1.807, 2.05) is 38.1 Å². The quantitative estimate of drug-likeness (QED) is 0.492. The molecule has 1 heterocycles. The third-order valence-corrected chi connectivity index (χ3v) is 4.24. The van der Waals surface area contributed by atoms with Crippen LogP contribution in [0.25, 0.3) is 11.0 Å². The number of carbonyl (C=O) groups is 1. The standard InChI is InChI=1S/C18H17N5O5/c1-10(2)16(17-19-14-5-3-4-6-15(14)20-17)21-18(24)11-7-12(22(25)26)9-13(8-11)23(27)28/h3-10,16H,1-2H3,(H,19,20)(H,21,24)/t16-/m0/s1. The van der Waals surface area contributed by atoms with Crippen LogP contribution in [0.1, 0.15) is 36.1 Å². The Hall–Kier alpha value is -3.82. The lowest BCUT2D eigenvalue weighted by atomic mass is 10.0.